The van der Waals surface area contributed by atoms with Gasteiger partial charge in [0.15, 0.2) is 0 Å². The van der Waals surface area contributed by atoms with Gasteiger partial charge in [0.05, 0.1) is 5.84 Å². The largest absolute Gasteiger partial charge is 0.361 e. The summed E-state index contributed by atoms with van der Waals surface area (Å²) < 4.78 is 41.9. The molecule has 0 fully saturated rings. The molecule has 10 heteroatoms. The molecule has 3 N–H and O–H groups in total. The number of nitrogens with zero attached hydrogens (tertiary/aromatic N) is 2. The van der Waals surface area contributed by atoms with Gasteiger partial charge in [-0.25, -0.2) is 0 Å². The summed E-state index contributed by atoms with van der Waals surface area (Å²) in [6, 6.07) is 0. The van der Waals surface area contributed by atoms with Gasteiger partial charge in [0.1, 0.15) is 0 Å². The lowest BCUT2D eigenvalue weighted by Crippen LogP contribution is -2.38. The number of rotatable bonds is 4. The minimum atomic E-state index is -4.94. The normalized spacial score (nSPS) is 19.2. The molecule has 1 rings (SSSR count). The van der Waals surface area contributed by atoms with Crippen molar-refractivity contribution in [2.24, 2.45) is 4.99 Å². The summed E-state index contributed by atoms with van der Waals surface area (Å²) >= 11 is 0. The lowest BCUT2D eigenvalue weighted by atomic mass is 10.2. The van der Waals surface area contributed by atoms with Crippen LogP contribution in [0.2, 0.25) is 0 Å². The molecule has 0 radical (unpaired) electrons. The molecule has 0 aliphatic carbocycles. The van der Waals surface area contributed by atoms with E-state index in [0.717, 1.165) is 12.8 Å². The second kappa shape index (κ2) is 5.66. The first-order valence-electron chi connectivity index (χ1n) is 5.38. The summed E-state index contributed by atoms with van der Waals surface area (Å²) in [7, 11) is -8.26. The van der Waals surface area contributed by atoms with Crippen molar-refractivity contribution in [3.63, 3.8) is 0 Å². The molecule has 1 aliphatic rings. The molecule has 0 saturated heterocycles. The minimum Gasteiger partial charge on any atom is -0.361 e. The maximum atomic E-state index is 11.1. The molecule has 0 aromatic carbocycles. The molecule has 106 valence electrons. The van der Waals surface area contributed by atoms with Gasteiger partial charge in [0.25, 0.3) is 10.1 Å². The van der Waals surface area contributed by atoms with Crippen molar-refractivity contribution in [2.75, 3.05) is 20.1 Å². The Morgan fingerprint density at radius 2 is 2.06 bits per heavy atom. The molecule has 1 aliphatic heterocycles. The molecule has 8 nitrogen and oxygen atoms in total. The first-order chi connectivity index (χ1) is 8.12. The van der Waals surface area contributed by atoms with Gasteiger partial charge in [0, 0.05) is 26.6 Å². The molecular formula is C8H17N2O6PS. The number of hydrogen-bond acceptors (Lipinski definition) is 5. The monoisotopic (exact) mass is 300 g/mol. The minimum absolute atomic E-state index is 0.484. The van der Waals surface area contributed by atoms with E-state index < -0.39 is 29.2 Å². The van der Waals surface area contributed by atoms with Gasteiger partial charge in [-0.05, 0) is 12.8 Å². The van der Waals surface area contributed by atoms with E-state index >= 15 is 0 Å². The Morgan fingerprint density at radius 3 is 2.44 bits per heavy atom. The Balaban J connectivity index is 2.85. The summed E-state index contributed by atoms with van der Waals surface area (Å²) in [6.07, 6.45) is 2.48. The molecule has 0 aromatic heterocycles. The van der Waals surface area contributed by atoms with E-state index in [9.17, 15) is 13.0 Å². The van der Waals surface area contributed by atoms with Crippen molar-refractivity contribution in [3.8, 4) is 0 Å². The summed E-state index contributed by atoms with van der Waals surface area (Å²) in [4.78, 5) is 21.3. The molecule has 0 spiro atoms. The maximum absolute atomic E-state index is 11.1. The van der Waals surface area contributed by atoms with E-state index in [0.29, 0.717) is 18.8 Å². The standard InChI is InChI=1S/C8H17N2O6PS/c1-10(7-4-2-3-5-9-7)6-8(17(11,12)13)18(14,15)16/h8H,2-6H2,1H3,(H2,11,12,13)(H,14,15,16). The van der Waals surface area contributed by atoms with E-state index in [1.54, 1.807) is 0 Å². The van der Waals surface area contributed by atoms with Crippen LogP contribution in [0.1, 0.15) is 19.3 Å². The summed E-state index contributed by atoms with van der Waals surface area (Å²) in [5, 5.41) is 0. The van der Waals surface area contributed by atoms with Gasteiger partial charge in [-0.15, -0.1) is 0 Å². The second-order valence-corrected chi connectivity index (χ2v) is 7.94. The molecule has 0 saturated carbocycles. The van der Waals surface area contributed by atoms with Gasteiger partial charge in [-0.1, -0.05) is 0 Å². The predicted molar refractivity (Wildman–Crippen MR) is 66.2 cm³/mol. The molecule has 0 aromatic rings. The zero-order valence-electron chi connectivity index (χ0n) is 9.93. The lowest BCUT2D eigenvalue weighted by Gasteiger charge is -2.27. The van der Waals surface area contributed by atoms with Crippen molar-refractivity contribution in [1.82, 2.24) is 4.90 Å². The van der Waals surface area contributed by atoms with E-state index in [1.807, 2.05) is 0 Å². The van der Waals surface area contributed by atoms with Gasteiger partial charge >= 0.3 is 7.60 Å². The van der Waals surface area contributed by atoms with Crippen molar-refractivity contribution in [2.45, 2.75) is 24.3 Å². The average molecular weight is 300 g/mol. The third-order valence-electron chi connectivity index (χ3n) is 2.69. The van der Waals surface area contributed by atoms with Crippen molar-refractivity contribution < 1.29 is 27.3 Å². The Hall–Kier alpha value is -0.470. The predicted octanol–water partition coefficient (Wildman–Crippen LogP) is -0.108. The Kier molecular flexibility index (Phi) is 4.90. The quantitative estimate of drug-likeness (QED) is 0.488. The van der Waals surface area contributed by atoms with Crippen LogP contribution in [0.25, 0.3) is 0 Å². The molecule has 1 heterocycles. The first-order valence-corrected chi connectivity index (χ1v) is 8.57. The van der Waals surface area contributed by atoms with Gasteiger partial charge in [-0.2, -0.15) is 8.42 Å². The summed E-state index contributed by atoms with van der Waals surface area (Å²) in [5.74, 6) is 0.600. The highest BCUT2D eigenvalue weighted by atomic mass is 32.2. The Labute approximate surface area is 106 Å². The molecule has 0 amide bonds. The van der Waals surface area contributed by atoms with Crippen molar-refractivity contribution in [1.29, 1.82) is 0 Å². The van der Waals surface area contributed by atoms with Gasteiger partial charge < -0.3 is 14.7 Å². The molecule has 1 atom stereocenters. The van der Waals surface area contributed by atoms with Gasteiger partial charge in [-0.3, -0.25) is 14.1 Å². The topological polar surface area (TPSA) is 128 Å². The fourth-order valence-electron chi connectivity index (χ4n) is 1.71. The average Bonchev–Trinajstić information content (AvgIpc) is 2.23. The Bertz CT molecular complexity index is 470. The Morgan fingerprint density at radius 1 is 1.44 bits per heavy atom. The number of hydrogen-bond donors (Lipinski definition) is 3. The SMILES string of the molecule is CN(CC(P(=O)(O)O)S(=O)(=O)O)C1=NCCCC1. The molecule has 0 bridgehead atoms. The van der Waals surface area contributed by atoms with Crippen LogP contribution in [0.5, 0.6) is 0 Å². The highest BCUT2D eigenvalue weighted by Gasteiger charge is 2.41. The van der Waals surface area contributed by atoms with Crippen LogP contribution in [0, 0.1) is 0 Å². The second-order valence-electron chi connectivity index (χ2n) is 4.19. The van der Waals surface area contributed by atoms with Crippen LogP contribution in [0.3, 0.4) is 0 Å². The first kappa shape index (κ1) is 15.6. The summed E-state index contributed by atoms with van der Waals surface area (Å²) in [6.45, 7) is 0.133. The van der Waals surface area contributed by atoms with Crippen molar-refractivity contribution >= 4 is 23.5 Å². The van der Waals surface area contributed by atoms with E-state index in [-0.39, 0.29) is 0 Å². The van der Waals surface area contributed by atoms with E-state index in [1.165, 1.54) is 11.9 Å². The summed E-state index contributed by atoms with van der Waals surface area (Å²) in [5.41, 5.74) is 0. The van der Waals surface area contributed by atoms with Crippen LogP contribution in [0.4, 0.5) is 0 Å². The molecular weight excluding hydrogens is 283 g/mol. The van der Waals surface area contributed by atoms with Crippen molar-refractivity contribution in [3.05, 3.63) is 0 Å². The third-order valence-corrected chi connectivity index (χ3v) is 6.07. The highest BCUT2D eigenvalue weighted by Crippen LogP contribution is 2.44. The third kappa shape index (κ3) is 4.33. The van der Waals surface area contributed by atoms with Crippen LogP contribution in [-0.2, 0) is 14.7 Å². The van der Waals surface area contributed by atoms with Crippen LogP contribution in [-0.4, -0.2) is 58.6 Å². The van der Waals surface area contributed by atoms with Crippen LogP contribution in [0.15, 0.2) is 4.99 Å². The van der Waals surface area contributed by atoms with E-state index in [4.69, 9.17) is 14.3 Å². The highest BCUT2D eigenvalue weighted by molar-refractivity contribution is 7.93. The fraction of sp³-hybridized carbons (Fsp3) is 0.875. The van der Waals surface area contributed by atoms with Crippen LogP contribution < -0.4 is 0 Å². The zero-order valence-corrected chi connectivity index (χ0v) is 11.6. The smallest absolute Gasteiger partial charge is 0.347 e. The van der Waals surface area contributed by atoms with E-state index in [2.05, 4.69) is 4.99 Å². The molecule has 1 unspecified atom stereocenters. The zero-order chi connectivity index (χ0) is 14.0. The number of aliphatic imine (C=N–C) groups is 1. The molecule has 18 heavy (non-hydrogen) atoms. The lowest BCUT2D eigenvalue weighted by molar-refractivity contribution is 0.351. The maximum Gasteiger partial charge on any atom is 0.347 e. The van der Waals surface area contributed by atoms with Gasteiger partial charge in [0.2, 0.25) is 4.99 Å². The number of amidine groups is 1. The fourth-order valence-corrected chi connectivity index (χ4v) is 3.97. The van der Waals surface area contributed by atoms with Crippen LogP contribution >= 0.6 is 7.60 Å².